The molecular formula is C19H26N4OS. The summed E-state index contributed by atoms with van der Waals surface area (Å²) in [6.45, 7) is 7.03. The Bertz CT molecular complexity index is 675. The third kappa shape index (κ3) is 5.90. The summed E-state index contributed by atoms with van der Waals surface area (Å²) in [5, 5.41) is 6.84. The van der Waals surface area contributed by atoms with E-state index in [0.29, 0.717) is 16.7 Å². The molecule has 0 bridgehead atoms. The zero-order valence-electron chi connectivity index (χ0n) is 15.1. The predicted octanol–water partition coefficient (Wildman–Crippen LogP) is 3.60. The Morgan fingerprint density at radius 1 is 1.24 bits per heavy atom. The van der Waals surface area contributed by atoms with Crippen LogP contribution in [0.2, 0.25) is 0 Å². The largest absolute Gasteiger partial charge is 0.493 e. The van der Waals surface area contributed by atoms with Gasteiger partial charge in [0.1, 0.15) is 0 Å². The topological polar surface area (TPSA) is 49.4 Å². The maximum absolute atomic E-state index is 5.33. The molecule has 0 saturated heterocycles. The Hall–Kier alpha value is -2.34. The summed E-state index contributed by atoms with van der Waals surface area (Å²) in [6, 6.07) is 12.3. The lowest BCUT2D eigenvalue weighted by molar-refractivity contribution is 0.415. The van der Waals surface area contributed by atoms with Gasteiger partial charge >= 0.3 is 0 Å². The van der Waals surface area contributed by atoms with Crippen LogP contribution >= 0.6 is 12.2 Å². The second kappa shape index (κ2) is 9.84. The van der Waals surface area contributed by atoms with Gasteiger partial charge in [-0.25, -0.2) is 4.98 Å². The molecule has 1 aromatic heterocycles. The third-order valence-electron chi connectivity index (χ3n) is 3.89. The Morgan fingerprint density at radius 3 is 2.68 bits per heavy atom. The predicted molar refractivity (Wildman–Crippen MR) is 109 cm³/mol. The molecule has 0 fully saturated rings. The molecule has 0 atom stereocenters. The second-order valence-corrected chi connectivity index (χ2v) is 6.11. The number of benzene rings is 1. The van der Waals surface area contributed by atoms with E-state index in [4.69, 9.17) is 17.0 Å². The number of rotatable bonds is 8. The first kappa shape index (κ1) is 19.0. The maximum atomic E-state index is 5.33. The third-order valence-corrected chi connectivity index (χ3v) is 4.14. The summed E-state index contributed by atoms with van der Waals surface area (Å²) in [7, 11) is 1.61. The van der Waals surface area contributed by atoms with Crippen molar-refractivity contribution < 1.29 is 4.74 Å². The highest BCUT2D eigenvalue weighted by atomic mass is 32.1. The minimum absolute atomic E-state index is 0.551. The van der Waals surface area contributed by atoms with Crippen LogP contribution in [0.5, 0.6) is 5.75 Å². The van der Waals surface area contributed by atoms with Crippen LogP contribution in [0.25, 0.3) is 0 Å². The molecule has 0 aliphatic carbocycles. The van der Waals surface area contributed by atoms with Crippen LogP contribution in [0.15, 0.2) is 42.6 Å². The number of thiocarbonyl (C=S) groups is 1. The average Bonchev–Trinajstić information content (AvgIpc) is 2.63. The van der Waals surface area contributed by atoms with Gasteiger partial charge in [-0.1, -0.05) is 17.7 Å². The van der Waals surface area contributed by atoms with Crippen LogP contribution in [0.3, 0.4) is 0 Å². The molecule has 0 saturated carbocycles. The van der Waals surface area contributed by atoms with E-state index in [-0.39, 0.29) is 0 Å². The number of hydrogen-bond donors (Lipinski definition) is 2. The average molecular weight is 359 g/mol. The van der Waals surface area contributed by atoms with E-state index < -0.39 is 0 Å². The van der Waals surface area contributed by atoms with E-state index in [0.717, 1.165) is 26.1 Å². The highest BCUT2D eigenvalue weighted by Gasteiger charge is 2.06. The number of pyridine rings is 1. The van der Waals surface area contributed by atoms with Crippen LogP contribution in [-0.2, 0) is 0 Å². The molecule has 134 valence electrons. The summed E-state index contributed by atoms with van der Waals surface area (Å²) < 4.78 is 5.26. The lowest BCUT2D eigenvalue weighted by Gasteiger charge is -2.23. The molecular weight excluding hydrogens is 332 g/mol. The zero-order valence-corrected chi connectivity index (χ0v) is 15.9. The number of aromatic nitrogens is 1. The number of nitrogens with one attached hydrogen (secondary N) is 2. The van der Waals surface area contributed by atoms with Gasteiger partial charge in [0.2, 0.25) is 0 Å². The number of ether oxygens (including phenoxy) is 1. The maximum Gasteiger partial charge on any atom is 0.174 e. The van der Waals surface area contributed by atoms with Crippen molar-refractivity contribution >= 4 is 28.8 Å². The molecule has 0 amide bonds. The fourth-order valence-corrected chi connectivity index (χ4v) is 2.70. The van der Waals surface area contributed by atoms with E-state index in [1.54, 1.807) is 13.3 Å². The molecule has 0 spiro atoms. The van der Waals surface area contributed by atoms with E-state index in [1.165, 1.54) is 11.3 Å². The summed E-state index contributed by atoms with van der Waals surface area (Å²) in [6.07, 6.45) is 2.69. The van der Waals surface area contributed by atoms with Crippen molar-refractivity contribution in [1.82, 2.24) is 10.3 Å². The summed E-state index contributed by atoms with van der Waals surface area (Å²) in [5.74, 6) is 1.29. The fourth-order valence-electron chi connectivity index (χ4n) is 2.50. The zero-order chi connectivity index (χ0) is 18.1. The first-order valence-corrected chi connectivity index (χ1v) is 8.90. The van der Waals surface area contributed by atoms with Crippen LogP contribution in [0.4, 0.5) is 11.5 Å². The first-order valence-electron chi connectivity index (χ1n) is 8.49. The van der Waals surface area contributed by atoms with E-state index in [2.05, 4.69) is 58.6 Å². The van der Waals surface area contributed by atoms with Gasteiger partial charge in [0, 0.05) is 31.5 Å². The van der Waals surface area contributed by atoms with Crippen LogP contribution in [-0.4, -0.2) is 36.8 Å². The monoisotopic (exact) mass is 358 g/mol. The Kier molecular flexibility index (Phi) is 7.47. The number of anilines is 2. The Labute approximate surface area is 155 Å². The lowest BCUT2D eigenvalue weighted by Crippen LogP contribution is -2.32. The number of hydrogen-bond acceptors (Lipinski definition) is 4. The van der Waals surface area contributed by atoms with E-state index >= 15 is 0 Å². The minimum atomic E-state index is 0.551. The highest BCUT2D eigenvalue weighted by molar-refractivity contribution is 7.80. The number of aryl methyl sites for hydroxylation is 1. The standard InChI is InChI=1S/C19H26N4OS/c1-4-23(16-10-8-15(2)9-11-16)14-6-13-21-19(25)22-18-17(24-3)7-5-12-20-18/h5,7-12H,4,6,13-14H2,1-3H3,(H2,20,21,22,25). The van der Waals surface area contributed by atoms with Crippen molar-refractivity contribution in [3.8, 4) is 5.75 Å². The normalized spacial score (nSPS) is 10.2. The second-order valence-electron chi connectivity index (χ2n) is 5.70. The Morgan fingerprint density at radius 2 is 2.00 bits per heavy atom. The summed E-state index contributed by atoms with van der Waals surface area (Å²) >= 11 is 5.33. The molecule has 0 radical (unpaired) electrons. The van der Waals surface area contributed by atoms with Gasteiger partial charge in [-0.3, -0.25) is 0 Å². The first-order chi connectivity index (χ1) is 12.1. The summed E-state index contributed by atoms with van der Waals surface area (Å²) in [5.41, 5.74) is 2.54. The fraction of sp³-hybridized carbons (Fsp3) is 0.368. The van der Waals surface area contributed by atoms with Crippen molar-refractivity contribution in [2.24, 2.45) is 0 Å². The van der Waals surface area contributed by atoms with Crippen molar-refractivity contribution in [1.29, 1.82) is 0 Å². The number of nitrogens with zero attached hydrogens (tertiary/aromatic N) is 2. The smallest absolute Gasteiger partial charge is 0.174 e. The molecule has 1 aromatic carbocycles. The number of methoxy groups -OCH3 is 1. The highest BCUT2D eigenvalue weighted by Crippen LogP contribution is 2.19. The van der Waals surface area contributed by atoms with Crippen molar-refractivity contribution in [2.45, 2.75) is 20.3 Å². The molecule has 0 aliphatic heterocycles. The van der Waals surface area contributed by atoms with Crippen LogP contribution < -0.4 is 20.3 Å². The van der Waals surface area contributed by atoms with Crippen molar-refractivity contribution in [3.05, 3.63) is 48.2 Å². The van der Waals surface area contributed by atoms with Gasteiger partial charge in [0.05, 0.1) is 7.11 Å². The van der Waals surface area contributed by atoms with Gasteiger partial charge in [0.15, 0.2) is 16.7 Å². The molecule has 25 heavy (non-hydrogen) atoms. The molecule has 5 nitrogen and oxygen atoms in total. The van der Waals surface area contributed by atoms with Gasteiger partial charge in [-0.15, -0.1) is 0 Å². The van der Waals surface area contributed by atoms with E-state index in [1.807, 2.05) is 12.1 Å². The molecule has 2 rings (SSSR count). The molecule has 0 unspecified atom stereocenters. The van der Waals surface area contributed by atoms with Gasteiger partial charge < -0.3 is 20.3 Å². The molecule has 0 aliphatic rings. The van der Waals surface area contributed by atoms with Gasteiger partial charge in [0.25, 0.3) is 0 Å². The van der Waals surface area contributed by atoms with Crippen LogP contribution in [0, 0.1) is 6.92 Å². The van der Waals surface area contributed by atoms with Crippen molar-refractivity contribution in [3.63, 3.8) is 0 Å². The quantitative estimate of drug-likeness (QED) is 0.555. The van der Waals surface area contributed by atoms with Crippen molar-refractivity contribution in [2.75, 3.05) is 37.0 Å². The van der Waals surface area contributed by atoms with Gasteiger partial charge in [-0.05, 0) is 56.8 Å². The molecule has 2 N–H and O–H groups in total. The Balaban J connectivity index is 1.76. The SMILES string of the molecule is CCN(CCCNC(=S)Nc1ncccc1OC)c1ccc(C)cc1. The summed E-state index contributed by atoms with van der Waals surface area (Å²) in [4.78, 5) is 6.59. The lowest BCUT2D eigenvalue weighted by atomic mass is 10.2. The van der Waals surface area contributed by atoms with Crippen LogP contribution in [0.1, 0.15) is 18.9 Å². The molecule has 1 heterocycles. The van der Waals surface area contributed by atoms with Gasteiger partial charge in [-0.2, -0.15) is 0 Å². The molecule has 2 aromatic rings. The molecule has 6 heteroatoms. The minimum Gasteiger partial charge on any atom is -0.493 e. The van der Waals surface area contributed by atoms with E-state index in [9.17, 15) is 0 Å².